The van der Waals surface area contributed by atoms with Gasteiger partial charge in [0.1, 0.15) is 11.5 Å². The van der Waals surface area contributed by atoms with Crippen molar-refractivity contribution in [1.82, 2.24) is 0 Å². The van der Waals surface area contributed by atoms with Crippen molar-refractivity contribution < 1.29 is 24.5 Å². The summed E-state index contributed by atoms with van der Waals surface area (Å²) in [7, 11) is 3.26. The summed E-state index contributed by atoms with van der Waals surface area (Å²) < 4.78 is 11.1. The second kappa shape index (κ2) is 13.7. The monoisotopic (exact) mass is 490 g/mol. The molecule has 0 aliphatic carbocycles. The van der Waals surface area contributed by atoms with E-state index in [1.54, 1.807) is 14.2 Å². The van der Waals surface area contributed by atoms with Gasteiger partial charge in [0.25, 0.3) is 0 Å². The number of ether oxygens (including phenoxy) is 2. The molecule has 0 aliphatic heterocycles. The van der Waals surface area contributed by atoms with Crippen molar-refractivity contribution in [3.63, 3.8) is 0 Å². The molecule has 0 spiro atoms. The highest BCUT2D eigenvalue weighted by atomic mass is 16.5. The largest absolute Gasteiger partial charge is 0.496 e. The Hall–Kier alpha value is -3.31. The molecule has 192 valence electrons. The minimum Gasteiger partial charge on any atom is -0.496 e. The Balaban J connectivity index is 1.77. The van der Waals surface area contributed by atoms with E-state index in [-0.39, 0.29) is 12.3 Å². The molecule has 3 aromatic carbocycles. The van der Waals surface area contributed by atoms with Crippen LogP contribution in [0.15, 0.2) is 66.7 Å². The molecule has 0 radical (unpaired) electrons. The van der Waals surface area contributed by atoms with Crippen LogP contribution in [0.5, 0.6) is 11.5 Å². The molecule has 36 heavy (non-hydrogen) atoms. The first-order valence-corrected chi connectivity index (χ1v) is 12.7. The maximum atomic E-state index is 11.5. The van der Waals surface area contributed by atoms with E-state index in [0.29, 0.717) is 17.9 Å². The number of aliphatic carboxylic acids is 1. The number of aliphatic hydroxyl groups is 1. The van der Waals surface area contributed by atoms with Crippen molar-refractivity contribution in [2.75, 3.05) is 14.2 Å². The van der Waals surface area contributed by atoms with Gasteiger partial charge in [0, 0.05) is 12.0 Å². The highest BCUT2D eigenvalue weighted by molar-refractivity contribution is 5.66. The van der Waals surface area contributed by atoms with Crippen molar-refractivity contribution in [2.45, 2.75) is 58.0 Å². The number of hydrogen-bond donors (Lipinski definition) is 2. The summed E-state index contributed by atoms with van der Waals surface area (Å²) in [6.07, 6.45) is 4.44. The third kappa shape index (κ3) is 7.85. The second-order valence-electron chi connectivity index (χ2n) is 9.40. The molecule has 0 heterocycles. The number of carboxylic acid groups (broad SMARTS) is 1. The van der Waals surface area contributed by atoms with Gasteiger partial charge < -0.3 is 19.7 Å². The van der Waals surface area contributed by atoms with Crippen LogP contribution >= 0.6 is 0 Å². The number of methoxy groups -OCH3 is 2. The average molecular weight is 491 g/mol. The Bertz CT molecular complexity index is 1070. The molecule has 3 rings (SSSR count). The predicted molar refractivity (Wildman–Crippen MR) is 143 cm³/mol. The van der Waals surface area contributed by atoms with Crippen molar-refractivity contribution >= 4 is 5.97 Å². The highest BCUT2D eigenvalue weighted by Gasteiger charge is 2.24. The van der Waals surface area contributed by atoms with E-state index in [9.17, 15) is 9.90 Å². The molecule has 3 aromatic rings. The maximum absolute atomic E-state index is 11.5. The van der Waals surface area contributed by atoms with E-state index >= 15 is 0 Å². The number of aryl methyl sites for hydroxylation is 2. The first-order valence-electron chi connectivity index (χ1n) is 12.7. The van der Waals surface area contributed by atoms with Gasteiger partial charge in [-0.1, -0.05) is 54.6 Å². The Morgan fingerprint density at radius 1 is 0.833 bits per heavy atom. The molecule has 0 saturated carbocycles. The lowest BCUT2D eigenvalue weighted by Gasteiger charge is -2.25. The normalized spacial score (nSPS) is 12.7. The van der Waals surface area contributed by atoms with E-state index in [2.05, 4.69) is 48.5 Å². The van der Waals surface area contributed by atoms with Gasteiger partial charge in [0.2, 0.25) is 0 Å². The quantitative estimate of drug-likeness (QED) is 0.276. The van der Waals surface area contributed by atoms with Crippen LogP contribution in [-0.2, 0) is 24.1 Å². The van der Waals surface area contributed by atoms with Crippen LogP contribution in [0.3, 0.4) is 0 Å². The molecule has 0 saturated heterocycles. The number of rotatable bonds is 14. The van der Waals surface area contributed by atoms with E-state index < -0.39 is 12.1 Å². The zero-order valence-electron chi connectivity index (χ0n) is 21.6. The molecule has 2 atom stereocenters. The maximum Gasteiger partial charge on any atom is 0.303 e. The van der Waals surface area contributed by atoms with Gasteiger partial charge in [-0.25, -0.2) is 0 Å². The van der Waals surface area contributed by atoms with Crippen LogP contribution in [0.25, 0.3) is 0 Å². The first-order chi connectivity index (χ1) is 17.4. The Morgan fingerprint density at radius 2 is 1.39 bits per heavy atom. The number of carboxylic acids is 1. The standard InChI is InChI=1S/C31H38O5/c1-22-28(35-2)20-27(21-29(22)36-3)31(34)26(13-7-11-23-9-5-4-6-10-23)19-25-17-15-24(16-18-25)12-8-14-30(32)33/h4-6,9-10,15-18,20-21,26,31,34H,7-8,11-14,19H2,1-3H3,(H,32,33)/t26-,31-/m0/s1. The van der Waals surface area contributed by atoms with Crippen LogP contribution < -0.4 is 9.47 Å². The summed E-state index contributed by atoms with van der Waals surface area (Å²) in [6, 6.07) is 22.6. The van der Waals surface area contributed by atoms with Crippen molar-refractivity contribution in [3.05, 3.63) is 94.5 Å². The number of benzene rings is 3. The van der Waals surface area contributed by atoms with Gasteiger partial charge in [-0.2, -0.15) is 0 Å². The number of hydrogen-bond acceptors (Lipinski definition) is 4. The number of carbonyl (C=O) groups is 1. The zero-order chi connectivity index (χ0) is 25.9. The van der Waals surface area contributed by atoms with Gasteiger partial charge >= 0.3 is 5.97 Å². The van der Waals surface area contributed by atoms with Crippen LogP contribution in [0.1, 0.15) is 59.6 Å². The van der Waals surface area contributed by atoms with Crippen LogP contribution in [-0.4, -0.2) is 30.4 Å². The predicted octanol–water partition coefficient (Wildman–Crippen LogP) is 6.33. The fourth-order valence-corrected chi connectivity index (χ4v) is 4.72. The van der Waals surface area contributed by atoms with Crippen molar-refractivity contribution in [2.24, 2.45) is 5.92 Å². The topological polar surface area (TPSA) is 76.0 Å². The Morgan fingerprint density at radius 3 is 1.97 bits per heavy atom. The molecule has 0 aromatic heterocycles. The van der Waals surface area contributed by atoms with E-state index in [1.807, 2.05) is 25.1 Å². The SMILES string of the molecule is COc1cc([C@@H](O)[C@@H](CCCc2ccccc2)Cc2ccc(CCCC(=O)O)cc2)cc(OC)c1C. The molecular weight excluding hydrogens is 452 g/mol. The molecule has 0 aliphatic rings. The van der Waals surface area contributed by atoms with Gasteiger partial charge in [-0.05, 0) is 85.8 Å². The molecule has 0 fully saturated rings. The van der Waals surface area contributed by atoms with E-state index in [4.69, 9.17) is 14.6 Å². The summed E-state index contributed by atoms with van der Waals surface area (Å²) in [5.41, 5.74) is 5.30. The summed E-state index contributed by atoms with van der Waals surface area (Å²) in [4.78, 5) is 10.8. The molecule has 0 bridgehead atoms. The van der Waals surface area contributed by atoms with Gasteiger partial charge in [0.05, 0.1) is 20.3 Å². The lowest BCUT2D eigenvalue weighted by atomic mass is 9.85. The van der Waals surface area contributed by atoms with Gasteiger partial charge in [-0.3, -0.25) is 4.79 Å². The molecule has 2 N–H and O–H groups in total. The third-order valence-corrected chi connectivity index (χ3v) is 6.82. The van der Waals surface area contributed by atoms with E-state index in [0.717, 1.165) is 54.4 Å². The second-order valence-corrected chi connectivity index (χ2v) is 9.40. The summed E-state index contributed by atoms with van der Waals surface area (Å²) in [6.45, 7) is 1.95. The lowest BCUT2D eigenvalue weighted by Crippen LogP contribution is -2.16. The minimum atomic E-state index is -0.761. The van der Waals surface area contributed by atoms with Crippen molar-refractivity contribution in [1.29, 1.82) is 0 Å². The molecule has 5 heteroatoms. The summed E-state index contributed by atoms with van der Waals surface area (Å²) in [5.74, 6) is 0.668. The Kier molecular flexibility index (Phi) is 10.4. The van der Waals surface area contributed by atoms with Crippen LogP contribution in [0.2, 0.25) is 0 Å². The fraction of sp³-hybridized carbons (Fsp3) is 0.387. The first kappa shape index (κ1) is 27.3. The third-order valence-electron chi connectivity index (χ3n) is 6.82. The molecular formula is C31H38O5. The Labute approximate surface area is 214 Å². The molecule has 0 amide bonds. The lowest BCUT2D eigenvalue weighted by molar-refractivity contribution is -0.137. The zero-order valence-corrected chi connectivity index (χ0v) is 21.6. The summed E-state index contributed by atoms with van der Waals surface area (Å²) in [5, 5.41) is 20.4. The van der Waals surface area contributed by atoms with Crippen LogP contribution in [0.4, 0.5) is 0 Å². The fourth-order valence-electron chi connectivity index (χ4n) is 4.72. The summed E-state index contributed by atoms with van der Waals surface area (Å²) >= 11 is 0. The smallest absolute Gasteiger partial charge is 0.303 e. The molecule has 0 unspecified atom stereocenters. The highest BCUT2D eigenvalue weighted by Crippen LogP contribution is 2.36. The molecule has 5 nitrogen and oxygen atoms in total. The average Bonchev–Trinajstić information content (AvgIpc) is 2.89. The van der Waals surface area contributed by atoms with Gasteiger partial charge in [-0.15, -0.1) is 0 Å². The van der Waals surface area contributed by atoms with Crippen molar-refractivity contribution in [3.8, 4) is 11.5 Å². The number of aliphatic hydroxyl groups excluding tert-OH is 1. The minimum absolute atomic E-state index is 0.0173. The van der Waals surface area contributed by atoms with E-state index in [1.165, 1.54) is 5.56 Å². The van der Waals surface area contributed by atoms with Crippen LogP contribution in [0, 0.1) is 12.8 Å². The van der Waals surface area contributed by atoms with Gasteiger partial charge in [0.15, 0.2) is 0 Å².